The van der Waals surface area contributed by atoms with Gasteiger partial charge in [-0.25, -0.2) is 0 Å². The van der Waals surface area contributed by atoms with Crippen molar-refractivity contribution in [3.05, 3.63) is 35.9 Å². The van der Waals surface area contributed by atoms with Gasteiger partial charge in [0.05, 0.1) is 0 Å². The molecule has 0 radical (unpaired) electrons. The lowest BCUT2D eigenvalue weighted by Gasteiger charge is -2.21. The SMILES string of the molecule is O=C(CCc1ccccc1)NCCC1CCOCC1. The Kier molecular flexibility index (Phi) is 5.89. The molecule has 0 aliphatic carbocycles. The Balaban J connectivity index is 1.57. The molecule has 1 amide bonds. The molecular weight excluding hydrogens is 238 g/mol. The summed E-state index contributed by atoms with van der Waals surface area (Å²) in [5, 5.41) is 3.02. The summed E-state index contributed by atoms with van der Waals surface area (Å²) in [6.07, 6.45) is 4.77. The molecular formula is C16H23NO2. The van der Waals surface area contributed by atoms with E-state index in [1.807, 2.05) is 18.2 Å². The van der Waals surface area contributed by atoms with Crippen LogP contribution in [-0.4, -0.2) is 25.7 Å². The zero-order valence-electron chi connectivity index (χ0n) is 11.4. The van der Waals surface area contributed by atoms with Crippen LogP contribution in [0.5, 0.6) is 0 Å². The second kappa shape index (κ2) is 7.95. The molecule has 0 bridgehead atoms. The minimum atomic E-state index is 0.163. The molecule has 1 fully saturated rings. The third-order valence-corrected chi connectivity index (χ3v) is 3.70. The molecule has 0 atom stereocenters. The van der Waals surface area contributed by atoms with Crippen molar-refractivity contribution in [2.45, 2.75) is 32.1 Å². The van der Waals surface area contributed by atoms with Crippen molar-refractivity contribution in [1.29, 1.82) is 0 Å². The average molecular weight is 261 g/mol. The van der Waals surface area contributed by atoms with Crippen LogP contribution in [0.3, 0.4) is 0 Å². The van der Waals surface area contributed by atoms with Gasteiger partial charge < -0.3 is 10.1 Å². The normalized spacial score (nSPS) is 16.2. The molecule has 0 unspecified atom stereocenters. The maximum atomic E-state index is 11.7. The highest BCUT2D eigenvalue weighted by Gasteiger charge is 2.13. The maximum absolute atomic E-state index is 11.7. The Bertz CT molecular complexity index is 372. The Morgan fingerprint density at radius 2 is 1.95 bits per heavy atom. The summed E-state index contributed by atoms with van der Waals surface area (Å²) >= 11 is 0. The van der Waals surface area contributed by atoms with Gasteiger partial charge in [0.25, 0.3) is 0 Å². The number of ether oxygens (including phenoxy) is 1. The van der Waals surface area contributed by atoms with E-state index in [1.165, 1.54) is 5.56 Å². The van der Waals surface area contributed by atoms with Gasteiger partial charge in [-0.15, -0.1) is 0 Å². The summed E-state index contributed by atoms with van der Waals surface area (Å²) in [5.41, 5.74) is 1.22. The van der Waals surface area contributed by atoms with Crippen LogP contribution in [0.15, 0.2) is 30.3 Å². The highest BCUT2D eigenvalue weighted by molar-refractivity contribution is 5.76. The Labute approximate surface area is 115 Å². The van der Waals surface area contributed by atoms with Crippen molar-refractivity contribution >= 4 is 5.91 Å². The summed E-state index contributed by atoms with van der Waals surface area (Å²) in [5.74, 6) is 0.888. The third kappa shape index (κ3) is 5.43. The quantitative estimate of drug-likeness (QED) is 0.854. The number of hydrogen-bond acceptors (Lipinski definition) is 2. The number of nitrogens with one attached hydrogen (secondary N) is 1. The first kappa shape index (κ1) is 14.1. The van der Waals surface area contributed by atoms with Crippen LogP contribution in [0.25, 0.3) is 0 Å². The first-order valence-corrected chi connectivity index (χ1v) is 7.23. The molecule has 0 saturated carbocycles. The molecule has 1 N–H and O–H groups in total. The molecule has 2 rings (SSSR count). The van der Waals surface area contributed by atoms with Gasteiger partial charge in [-0.3, -0.25) is 4.79 Å². The molecule has 1 aromatic rings. The Morgan fingerprint density at radius 1 is 1.21 bits per heavy atom. The van der Waals surface area contributed by atoms with Gasteiger partial charge in [0.15, 0.2) is 0 Å². The van der Waals surface area contributed by atoms with Crippen LogP contribution in [-0.2, 0) is 16.0 Å². The average Bonchev–Trinajstić information content (AvgIpc) is 2.47. The van der Waals surface area contributed by atoms with E-state index in [9.17, 15) is 4.79 Å². The molecule has 3 nitrogen and oxygen atoms in total. The topological polar surface area (TPSA) is 38.3 Å². The Morgan fingerprint density at radius 3 is 2.68 bits per heavy atom. The molecule has 1 saturated heterocycles. The highest BCUT2D eigenvalue weighted by atomic mass is 16.5. The van der Waals surface area contributed by atoms with E-state index in [1.54, 1.807) is 0 Å². The number of hydrogen-bond donors (Lipinski definition) is 1. The number of aryl methyl sites for hydroxylation is 1. The second-order valence-electron chi connectivity index (χ2n) is 5.18. The fourth-order valence-electron chi connectivity index (χ4n) is 2.44. The van der Waals surface area contributed by atoms with Crippen LogP contribution in [0.1, 0.15) is 31.2 Å². The van der Waals surface area contributed by atoms with Crippen LogP contribution < -0.4 is 5.32 Å². The molecule has 0 aromatic heterocycles. The molecule has 3 heteroatoms. The summed E-state index contributed by atoms with van der Waals surface area (Å²) in [6, 6.07) is 10.2. The van der Waals surface area contributed by atoms with Crippen LogP contribution in [0.4, 0.5) is 0 Å². The first-order chi connectivity index (χ1) is 9.34. The van der Waals surface area contributed by atoms with E-state index in [0.717, 1.165) is 51.4 Å². The zero-order valence-corrected chi connectivity index (χ0v) is 11.4. The number of carbonyl (C=O) groups excluding carboxylic acids is 1. The maximum Gasteiger partial charge on any atom is 0.220 e. The number of rotatable bonds is 6. The van der Waals surface area contributed by atoms with Crippen LogP contribution in [0.2, 0.25) is 0 Å². The monoisotopic (exact) mass is 261 g/mol. The predicted octanol–water partition coefficient (Wildman–Crippen LogP) is 2.55. The van der Waals surface area contributed by atoms with E-state index >= 15 is 0 Å². The van der Waals surface area contributed by atoms with Crippen LogP contribution in [0, 0.1) is 5.92 Å². The number of carbonyl (C=O) groups is 1. The number of amides is 1. The van der Waals surface area contributed by atoms with Crippen molar-refractivity contribution in [2.24, 2.45) is 5.92 Å². The minimum absolute atomic E-state index is 0.163. The van der Waals surface area contributed by atoms with E-state index < -0.39 is 0 Å². The van der Waals surface area contributed by atoms with Crippen molar-refractivity contribution in [1.82, 2.24) is 5.32 Å². The van der Waals surface area contributed by atoms with Crippen molar-refractivity contribution in [3.8, 4) is 0 Å². The summed E-state index contributed by atoms with van der Waals surface area (Å²) in [4.78, 5) is 11.7. The molecule has 1 aromatic carbocycles. The van der Waals surface area contributed by atoms with Gasteiger partial charge in [0.1, 0.15) is 0 Å². The lowest BCUT2D eigenvalue weighted by molar-refractivity contribution is -0.121. The third-order valence-electron chi connectivity index (χ3n) is 3.70. The lowest BCUT2D eigenvalue weighted by atomic mass is 9.97. The fraction of sp³-hybridized carbons (Fsp3) is 0.562. The molecule has 19 heavy (non-hydrogen) atoms. The number of benzene rings is 1. The molecule has 104 valence electrons. The highest BCUT2D eigenvalue weighted by Crippen LogP contribution is 2.17. The van der Waals surface area contributed by atoms with Gasteiger partial charge in [-0.1, -0.05) is 30.3 Å². The van der Waals surface area contributed by atoms with Crippen molar-refractivity contribution < 1.29 is 9.53 Å². The van der Waals surface area contributed by atoms with Gasteiger partial charge in [-0.05, 0) is 37.2 Å². The molecule has 0 spiro atoms. The summed E-state index contributed by atoms with van der Waals surface area (Å²) < 4.78 is 5.33. The minimum Gasteiger partial charge on any atom is -0.381 e. The second-order valence-corrected chi connectivity index (χ2v) is 5.18. The van der Waals surface area contributed by atoms with Gasteiger partial charge in [0.2, 0.25) is 5.91 Å². The van der Waals surface area contributed by atoms with Gasteiger partial charge >= 0.3 is 0 Å². The molecule has 1 aliphatic heterocycles. The van der Waals surface area contributed by atoms with E-state index in [2.05, 4.69) is 17.4 Å². The standard InChI is InChI=1S/C16H23NO2/c18-16(7-6-14-4-2-1-3-5-14)17-11-8-15-9-12-19-13-10-15/h1-5,15H,6-13H2,(H,17,18). The van der Waals surface area contributed by atoms with Crippen molar-refractivity contribution in [3.63, 3.8) is 0 Å². The van der Waals surface area contributed by atoms with Crippen LogP contribution >= 0.6 is 0 Å². The van der Waals surface area contributed by atoms with Gasteiger partial charge in [-0.2, -0.15) is 0 Å². The van der Waals surface area contributed by atoms with E-state index in [-0.39, 0.29) is 5.91 Å². The molecule has 1 heterocycles. The predicted molar refractivity (Wildman–Crippen MR) is 75.9 cm³/mol. The Hall–Kier alpha value is -1.35. The fourth-order valence-corrected chi connectivity index (χ4v) is 2.44. The summed E-state index contributed by atoms with van der Waals surface area (Å²) in [7, 11) is 0. The lowest BCUT2D eigenvalue weighted by Crippen LogP contribution is -2.27. The molecule has 1 aliphatic rings. The van der Waals surface area contributed by atoms with E-state index in [0.29, 0.717) is 6.42 Å². The largest absolute Gasteiger partial charge is 0.381 e. The van der Waals surface area contributed by atoms with Crippen molar-refractivity contribution in [2.75, 3.05) is 19.8 Å². The smallest absolute Gasteiger partial charge is 0.220 e. The van der Waals surface area contributed by atoms with Gasteiger partial charge in [0, 0.05) is 26.2 Å². The van der Waals surface area contributed by atoms with E-state index in [4.69, 9.17) is 4.74 Å². The summed E-state index contributed by atoms with van der Waals surface area (Å²) in [6.45, 7) is 2.57. The first-order valence-electron chi connectivity index (χ1n) is 7.23. The zero-order chi connectivity index (χ0) is 13.3.